The Hall–Kier alpha value is -0.900. The lowest BCUT2D eigenvalue weighted by Crippen LogP contribution is -2.08. The van der Waals surface area contributed by atoms with Crippen molar-refractivity contribution < 1.29 is 4.52 Å². The van der Waals surface area contributed by atoms with Gasteiger partial charge in [-0.05, 0) is 32.9 Å². The first-order valence-electron chi connectivity index (χ1n) is 5.87. The van der Waals surface area contributed by atoms with Crippen molar-refractivity contribution in [3.8, 4) is 0 Å². The maximum atomic E-state index is 5.30. The number of nitrogens with one attached hydrogen (secondary N) is 1. The zero-order valence-electron chi connectivity index (χ0n) is 9.33. The van der Waals surface area contributed by atoms with Crippen molar-refractivity contribution in [2.75, 3.05) is 13.6 Å². The zero-order chi connectivity index (χ0) is 10.5. The van der Waals surface area contributed by atoms with E-state index in [0.29, 0.717) is 5.92 Å². The Kier molecular flexibility index (Phi) is 3.72. The summed E-state index contributed by atoms with van der Waals surface area (Å²) in [6.07, 6.45) is 7.04. The van der Waals surface area contributed by atoms with Crippen molar-refractivity contribution in [3.05, 3.63) is 11.7 Å². The largest absolute Gasteiger partial charge is 0.339 e. The molecule has 84 valence electrons. The highest BCUT2D eigenvalue weighted by Crippen LogP contribution is 2.32. The summed E-state index contributed by atoms with van der Waals surface area (Å²) in [6.45, 7) is 1.01. The zero-order valence-corrected chi connectivity index (χ0v) is 9.33. The summed E-state index contributed by atoms with van der Waals surface area (Å²) in [5.74, 6) is 2.27. The van der Waals surface area contributed by atoms with Crippen LogP contribution in [0.25, 0.3) is 0 Å². The van der Waals surface area contributed by atoms with E-state index in [2.05, 4.69) is 15.5 Å². The van der Waals surface area contributed by atoms with Crippen molar-refractivity contribution >= 4 is 0 Å². The minimum absolute atomic E-state index is 0.538. The summed E-state index contributed by atoms with van der Waals surface area (Å²) >= 11 is 0. The van der Waals surface area contributed by atoms with E-state index in [9.17, 15) is 0 Å². The van der Waals surface area contributed by atoms with E-state index in [0.717, 1.165) is 31.1 Å². The smallest absolute Gasteiger partial charge is 0.229 e. The fraction of sp³-hybridized carbons (Fsp3) is 0.818. The summed E-state index contributed by atoms with van der Waals surface area (Å²) < 4.78 is 5.30. The summed E-state index contributed by atoms with van der Waals surface area (Å²) in [6, 6.07) is 0. The lowest BCUT2D eigenvalue weighted by molar-refractivity contribution is 0.350. The van der Waals surface area contributed by atoms with Crippen LogP contribution in [0.4, 0.5) is 0 Å². The fourth-order valence-corrected chi connectivity index (χ4v) is 2.13. The van der Waals surface area contributed by atoms with Crippen LogP contribution in [0.5, 0.6) is 0 Å². The lowest BCUT2D eigenvalue weighted by Gasteiger charge is -1.99. The topological polar surface area (TPSA) is 51.0 Å². The van der Waals surface area contributed by atoms with Crippen LogP contribution in [-0.4, -0.2) is 23.7 Å². The van der Waals surface area contributed by atoms with E-state index < -0.39 is 0 Å². The molecule has 15 heavy (non-hydrogen) atoms. The molecule has 4 heteroatoms. The molecule has 2 rings (SSSR count). The second-order valence-electron chi connectivity index (χ2n) is 4.24. The van der Waals surface area contributed by atoms with Gasteiger partial charge in [-0.25, -0.2) is 0 Å². The monoisotopic (exact) mass is 209 g/mol. The molecule has 1 heterocycles. The number of rotatable bonds is 5. The molecule has 1 N–H and O–H groups in total. The Balaban J connectivity index is 1.86. The first-order valence-corrected chi connectivity index (χ1v) is 5.87. The van der Waals surface area contributed by atoms with Crippen molar-refractivity contribution in [1.82, 2.24) is 15.5 Å². The minimum atomic E-state index is 0.538. The maximum absolute atomic E-state index is 5.30. The molecule has 0 amide bonds. The van der Waals surface area contributed by atoms with Gasteiger partial charge < -0.3 is 9.84 Å². The number of aromatic nitrogens is 2. The van der Waals surface area contributed by atoms with Gasteiger partial charge in [-0.2, -0.15) is 4.98 Å². The van der Waals surface area contributed by atoms with Crippen LogP contribution in [0.15, 0.2) is 4.52 Å². The quantitative estimate of drug-likeness (QED) is 0.752. The Bertz CT molecular complexity index is 292. The van der Waals surface area contributed by atoms with Crippen molar-refractivity contribution in [2.45, 2.75) is 44.4 Å². The van der Waals surface area contributed by atoms with Gasteiger partial charge in [0.05, 0.1) is 0 Å². The van der Waals surface area contributed by atoms with Gasteiger partial charge in [0.1, 0.15) is 0 Å². The molecule has 0 bridgehead atoms. The minimum Gasteiger partial charge on any atom is -0.339 e. The normalized spacial score (nSPS) is 17.4. The van der Waals surface area contributed by atoms with Crippen molar-refractivity contribution in [2.24, 2.45) is 0 Å². The second-order valence-corrected chi connectivity index (χ2v) is 4.24. The summed E-state index contributed by atoms with van der Waals surface area (Å²) in [7, 11) is 1.96. The Labute approximate surface area is 90.4 Å². The van der Waals surface area contributed by atoms with Gasteiger partial charge in [-0.15, -0.1) is 0 Å². The lowest BCUT2D eigenvalue weighted by atomic mass is 10.1. The molecule has 0 unspecified atom stereocenters. The number of aryl methyl sites for hydroxylation is 1. The van der Waals surface area contributed by atoms with Crippen LogP contribution in [0.3, 0.4) is 0 Å². The fourth-order valence-electron chi connectivity index (χ4n) is 2.13. The molecule has 0 radical (unpaired) electrons. The predicted molar refractivity (Wildman–Crippen MR) is 57.8 cm³/mol. The highest BCUT2D eigenvalue weighted by Gasteiger charge is 2.22. The average Bonchev–Trinajstić information content (AvgIpc) is 2.87. The number of hydrogen-bond donors (Lipinski definition) is 1. The van der Waals surface area contributed by atoms with Crippen molar-refractivity contribution in [1.29, 1.82) is 0 Å². The van der Waals surface area contributed by atoms with E-state index in [1.165, 1.54) is 25.7 Å². The molecule has 1 aromatic rings. The van der Waals surface area contributed by atoms with Crippen LogP contribution in [0, 0.1) is 0 Å². The predicted octanol–water partition coefficient (Wildman–Crippen LogP) is 1.88. The standard InChI is InChI=1S/C11H19N3O/c1-12-8-4-7-10-13-11(15-14-10)9-5-2-3-6-9/h9,12H,2-8H2,1H3. The number of hydrogen-bond acceptors (Lipinski definition) is 4. The van der Waals surface area contributed by atoms with Gasteiger partial charge in [0.15, 0.2) is 5.82 Å². The van der Waals surface area contributed by atoms with Crippen LogP contribution >= 0.6 is 0 Å². The Morgan fingerprint density at radius 3 is 2.93 bits per heavy atom. The summed E-state index contributed by atoms with van der Waals surface area (Å²) in [5.41, 5.74) is 0. The third kappa shape index (κ3) is 2.78. The third-order valence-electron chi connectivity index (χ3n) is 3.02. The molecule has 0 atom stereocenters. The van der Waals surface area contributed by atoms with Gasteiger partial charge in [-0.1, -0.05) is 18.0 Å². The van der Waals surface area contributed by atoms with Crippen molar-refractivity contribution in [3.63, 3.8) is 0 Å². The first-order chi connectivity index (χ1) is 7.40. The molecule has 1 aromatic heterocycles. The van der Waals surface area contributed by atoms with Gasteiger partial charge in [0, 0.05) is 12.3 Å². The van der Waals surface area contributed by atoms with Gasteiger partial charge in [-0.3, -0.25) is 0 Å². The molecule has 1 aliphatic rings. The SMILES string of the molecule is CNCCCc1noc(C2CCCC2)n1. The molecule has 0 aromatic carbocycles. The van der Waals surface area contributed by atoms with E-state index >= 15 is 0 Å². The Morgan fingerprint density at radius 1 is 1.40 bits per heavy atom. The molecule has 1 fully saturated rings. The highest BCUT2D eigenvalue weighted by molar-refractivity contribution is 4.96. The van der Waals surface area contributed by atoms with Crippen LogP contribution < -0.4 is 5.32 Å². The van der Waals surface area contributed by atoms with E-state index in [-0.39, 0.29) is 0 Å². The molecular formula is C11H19N3O. The second kappa shape index (κ2) is 5.26. The molecular weight excluding hydrogens is 190 g/mol. The molecule has 0 saturated heterocycles. The first kappa shape index (κ1) is 10.6. The van der Waals surface area contributed by atoms with E-state index in [1.807, 2.05) is 7.05 Å². The van der Waals surface area contributed by atoms with Crippen LogP contribution in [0.2, 0.25) is 0 Å². The van der Waals surface area contributed by atoms with Crippen LogP contribution in [-0.2, 0) is 6.42 Å². The van der Waals surface area contributed by atoms with Gasteiger partial charge >= 0.3 is 0 Å². The van der Waals surface area contributed by atoms with Crippen LogP contribution in [0.1, 0.15) is 49.7 Å². The maximum Gasteiger partial charge on any atom is 0.229 e. The molecule has 1 saturated carbocycles. The third-order valence-corrected chi connectivity index (χ3v) is 3.02. The average molecular weight is 209 g/mol. The van der Waals surface area contributed by atoms with E-state index in [1.54, 1.807) is 0 Å². The summed E-state index contributed by atoms with van der Waals surface area (Å²) in [5, 5.41) is 7.13. The molecule has 0 spiro atoms. The molecule has 0 aliphatic heterocycles. The van der Waals surface area contributed by atoms with Gasteiger partial charge in [0.25, 0.3) is 0 Å². The number of nitrogens with zero attached hydrogens (tertiary/aromatic N) is 2. The highest BCUT2D eigenvalue weighted by atomic mass is 16.5. The van der Waals surface area contributed by atoms with Gasteiger partial charge in [0.2, 0.25) is 5.89 Å². The molecule has 4 nitrogen and oxygen atoms in total. The molecule has 1 aliphatic carbocycles. The van der Waals surface area contributed by atoms with E-state index in [4.69, 9.17) is 4.52 Å². The summed E-state index contributed by atoms with van der Waals surface area (Å²) in [4.78, 5) is 4.46. The Morgan fingerprint density at radius 2 is 2.20 bits per heavy atom.